The van der Waals surface area contributed by atoms with Crippen LogP contribution >= 0.6 is 11.6 Å². The van der Waals surface area contributed by atoms with Crippen molar-refractivity contribution in [2.45, 2.75) is 64.2 Å². The molecule has 37 heavy (non-hydrogen) atoms. The lowest BCUT2D eigenvalue weighted by Gasteiger charge is -2.57. The molecule has 0 saturated heterocycles. The fourth-order valence-electron chi connectivity index (χ4n) is 8.20. The van der Waals surface area contributed by atoms with Crippen LogP contribution < -0.4 is 5.32 Å². The predicted molar refractivity (Wildman–Crippen MR) is 143 cm³/mol. The van der Waals surface area contributed by atoms with E-state index < -0.39 is 0 Å². The van der Waals surface area contributed by atoms with Crippen LogP contribution in [-0.2, 0) is 30.5 Å². The molecule has 0 unspecified atom stereocenters. The van der Waals surface area contributed by atoms with Crippen LogP contribution in [0, 0.1) is 29.0 Å². The molecule has 4 fully saturated rings. The Morgan fingerprint density at radius 2 is 1.68 bits per heavy atom. The van der Waals surface area contributed by atoms with E-state index in [1.807, 2.05) is 30.3 Å². The first-order valence-corrected chi connectivity index (χ1v) is 14.0. The van der Waals surface area contributed by atoms with Gasteiger partial charge in [-0.2, -0.15) is 0 Å². The normalized spacial score (nSPS) is 27.0. The number of nitrogens with one attached hydrogen (secondary N) is 1. The van der Waals surface area contributed by atoms with E-state index in [0.717, 1.165) is 64.4 Å². The zero-order valence-electron chi connectivity index (χ0n) is 20.9. The van der Waals surface area contributed by atoms with E-state index >= 15 is 0 Å². The lowest BCUT2D eigenvalue weighted by atomic mass is 9.48. The van der Waals surface area contributed by atoms with E-state index in [1.54, 1.807) is 6.07 Å². The van der Waals surface area contributed by atoms with Gasteiger partial charge in [0.05, 0.1) is 23.5 Å². The van der Waals surface area contributed by atoms with Gasteiger partial charge in [-0.25, -0.2) is 14.4 Å². The molecule has 1 aromatic heterocycles. The summed E-state index contributed by atoms with van der Waals surface area (Å²) in [5, 5.41) is 3.79. The molecular formula is C31H31ClFN3O. The molecule has 4 nitrogen and oxygen atoms in total. The number of hydrogen-bond acceptors (Lipinski definition) is 3. The highest BCUT2D eigenvalue weighted by molar-refractivity contribution is 6.30. The Bertz CT molecular complexity index is 1350. The van der Waals surface area contributed by atoms with E-state index in [0.29, 0.717) is 17.3 Å². The number of carbonyl (C=O) groups is 1. The van der Waals surface area contributed by atoms with E-state index in [2.05, 4.69) is 5.32 Å². The maximum absolute atomic E-state index is 14.0. The summed E-state index contributed by atoms with van der Waals surface area (Å²) in [6.07, 6.45) is 10.5. The molecule has 0 atom stereocenters. The number of nitrogens with zero attached hydrogens (tertiary/aromatic N) is 2. The first-order valence-electron chi connectivity index (χ1n) is 13.6. The second-order valence-electron chi connectivity index (χ2n) is 12.1. The molecule has 1 heterocycles. The van der Waals surface area contributed by atoms with Gasteiger partial charge in [0.15, 0.2) is 5.82 Å². The van der Waals surface area contributed by atoms with E-state index in [9.17, 15) is 9.18 Å². The average molecular weight is 516 g/mol. The molecule has 0 radical (unpaired) electrons. The Morgan fingerprint density at radius 3 is 2.38 bits per heavy atom. The number of amides is 1. The SMILES string of the molecule is O=C(Cc1ccc(Cl)cc1)Nc1nc2c(nc1CC13CC4CC(CC(C4)C1)C3)-c1ccc(F)cc1CC2. The number of carbonyl (C=O) groups excluding carboxylic acids is 1. The van der Waals surface area contributed by atoms with Gasteiger partial charge < -0.3 is 5.32 Å². The molecule has 0 aliphatic heterocycles. The van der Waals surface area contributed by atoms with Gasteiger partial charge in [0.1, 0.15) is 5.82 Å². The van der Waals surface area contributed by atoms with Crippen molar-refractivity contribution in [2.75, 3.05) is 5.32 Å². The summed E-state index contributed by atoms with van der Waals surface area (Å²) in [5.74, 6) is 2.81. The molecule has 1 amide bonds. The Morgan fingerprint density at radius 1 is 0.973 bits per heavy atom. The summed E-state index contributed by atoms with van der Waals surface area (Å²) < 4.78 is 14.0. The minimum Gasteiger partial charge on any atom is -0.309 e. The van der Waals surface area contributed by atoms with E-state index in [1.165, 1.54) is 44.6 Å². The van der Waals surface area contributed by atoms with Gasteiger partial charge in [0, 0.05) is 10.6 Å². The number of aryl methyl sites for hydroxylation is 2. The first-order chi connectivity index (χ1) is 17.9. The third-order valence-corrected chi connectivity index (χ3v) is 9.49. The van der Waals surface area contributed by atoms with Crippen LogP contribution in [0.5, 0.6) is 0 Å². The van der Waals surface area contributed by atoms with Crippen molar-refractivity contribution in [1.29, 1.82) is 0 Å². The largest absolute Gasteiger partial charge is 0.309 e. The van der Waals surface area contributed by atoms with Gasteiger partial charge >= 0.3 is 0 Å². The maximum atomic E-state index is 14.0. The number of fused-ring (bicyclic) bond motifs is 3. The van der Waals surface area contributed by atoms with Crippen LogP contribution in [0.2, 0.25) is 5.02 Å². The molecule has 8 rings (SSSR count). The first kappa shape index (κ1) is 23.3. The quantitative estimate of drug-likeness (QED) is 0.399. The molecule has 2 aromatic carbocycles. The van der Waals surface area contributed by atoms with Crippen LogP contribution in [0.1, 0.15) is 61.0 Å². The Labute approximate surface area is 222 Å². The molecule has 4 bridgehead atoms. The molecule has 1 N–H and O–H groups in total. The van der Waals surface area contributed by atoms with Crippen molar-refractivity contribution in [3.63, 3.8) is 0 Å². The van der Waals surface area contributed by atoms with Crippen molar-refractivity contribution >= 4 is 23.3 Å². The second-order valence-corrected chi connectivity index (χ2v) is 12.5. The van der Waals surface area contributed by atoms with Crippen LogP contribution in [0.25, 0.3) is 11.3 Å². The number of halogens is 2. The smallest absolute Gasteiger partial charge is 0.229 e. The molecule has 190 valence electrons. The average Bonchev–Trinajstić information content (AvgIpc) is 2.84. The molecule has 4 saturated carbocycles. The van der Waals surface area contributed by atoms with Crippen LogP contribution in [0.15, 0.2) is 42.5 Å². The molecule has 5 aliphatic carbocycles. The summed E-state index contributed by atoms with van der Waals surface area (Å²) in [6, 6.07) is 12.4. The van der Waals surface area contributed by atoms with Gasteiger partial charge in [-0.1, -0.05) is 23.7 Å². The lowest BCUT2D eigenvalue weighted by molar-refractivity contribution is -0.115. The molecule has 0 spiro atoms. The lowest BCUT2D eigenvalue weighted by Crippen LogP contribution is -2.47. The molecule has 5 aliphatic rings. The van der Waals surface area contributed by atoms with E-state index in [4.69, 9.17) is 21.6 Å². The van der Waals surface area contributed by atoms with Crippen molar-refractivity contribution in [3.05, 3.63) is 75.8 Å². The number of benzene rings is 2. The van der Waals surface area contributed by atoms with Gasteiger partial charge in [0.25, 0.3) is 0 Å². The van der Waals surface area contributed by atoms with Crippen LogP contribution in [-0.4, -0.2) is 15.9 Å². The summed E-state index contributed by atoms with van der Waals surface area (Å²) in [4.78, 5) is 23.4. The topological polar surface area (TPSA) is 54.9 Å². The molecule has 3 aromatic rings. The summed E-state index contributed by atoms with van der Waals surface area (Å²) in [7, 11) is 0. The number of hydrogen-bond donors (Lipinski definition) is 1. The predicted octanol–water partition coefficient (Wildman–Crippen LogP) is 6.97. The van der Waals surface area contributed by atoms with Crippen LogP contribution in [0.3, 0.4) is 0 Å². The van der Waals surface area contributed by atoms with Gasteiger partial charge in [-0.15, -0.1) is 0 Å². The molecular weight excluding hydrogens is 485 g/mol. The summed E-state index contributed by atoms with van der Waals surface area (Å²) >= 11 is 6.02. The molecule has 6 heteroatoms. The van der Waals surface area contributed by atoms with Crippen molar-refractivity contribution in [1.82, 2.24) is 9.97 Å². The Hall–Kier alpha value is -2.79. The van der Waals surface area contributed by atoms with Gasteiger partial charge in [-0.3, -0.25) is 4.79 Å². The highest BCUT2D eigenvalue weighted by Gasteiger charge is 2.51. The number of aromatic nitrogens is 2. The summed E-state index contributed by atoms with van der Waals surface area (Å²) in [6.45, 7) is 0. The third kappa shape index (κ3) is 4.46. The summed E-state index contributed by atoms with van der Waals surface area (Å²) in [5.41, 5.74) is 5.76. The van der Waals surface area contributed by atoms with Crippen molar-refractivity contribution in [3.8, 4) is 11.3 Å². The van der Waals surface area contributed by atoms with E-state index in [-0.39, 0.29) is 23.6 Å². The monoisotopic (exact) mass is 515 g/mol. The standard InChI is InChI=1S/C31H31ClFN3O/c32-23-4-1-18(2-5-23)12-28(37)36-30-27(17-31-14-19-9-20(15-31)11-21(10-19)16-31)34-29-25-7-6-24(33)13-22(25)3-8-26(29)35-30/h1-2,4-7,13,19-21H,3,8-12,14-17H2,(H,35,36,37). The highest BCUT2D eigenvalue weighted by atomic mass is 35.5. The zero-order valence-corrected chi connectivity index (χ0v) is 21.7. The zero-order chi connectivity index (χ0) is 25.1. The van der Waals surface area contributed by atoms with Gasteiger partial charge in [0.2, 0.25) is 5.91 Å². The maximum Gasteiger partial charge on any atom is 0.229 e. The Balaban J connectivity index is 1.24. The van der Waals surface area contributed by atoms with Crippen molar-refractivity contribution < 1.29 is 9.18 Å². The fourth-order valence-corrected chi connectivity index (χ4v) is 8.32. The second kappa shape index (κ2) is 8.90. The number of anilines is 1. The van der Waals surface area contributed by atoms with Crippen LogP contribution in [0.4, 0.5) is 10.2 Å². The fraction of sp³-hybridized carbons (Fsp3) is 0.452. The Kier molecular flexibility index (Phi) is 5.62. The minimum atomic E-state index is -0.213. The highest BCUT2D eigenvalue weighted by Crippen LogP contribution is 2.61. The third-order valence-electron chi connectivity index (χ3n) is 9.24. The minimum absolute atomic E-state index is 0.0957. The van der Waals surface area contributed by atoms with Crippen molar-refractivity contribution in [2.24, 2.45) is 23.2 Å². The van der Waals surface area contributed by atoms with Gasteiger partial charge in [-0.05, 0) is 122 Å². The number of rotatable bonds is 5.